The van der Waals surface area contributed by atoms with Crippen LogP contribution in [0.25, 0.3) is 0 Å². The van der Waals surface area contributed by atoms with Gasteiger partial charge in [0.05, 0.1) is 0 Å². The summed E-state index contributed by atoms with van der Waals surface area (Å²) in [5, 5.41) is 3.64. The lowest BCUT2D eigenvalue weighted by atomic mass is 9.77. The highest BCUT2D eigenvalue weighted by molar-refractivity contribution is 4.91. The number of methoxy groups -OCH3 is 1. The highest BCUT2D eigenvalue weighted by Gasteiger charge is 2.36. The van der Waals surface area contributed by atoms with Crippen LogP contribution in [-0.2, 0) is 4.74 Å². The van der Waals surface area contributed by atoms with E-state index >= 15 is 0 Å². The minimum atomic E-state index is 0.767. The number of nitrogens with zero attached hydrogens (tertiary/aromatic N) is 1. The van der Waals surface area contributed by atoms with Crippen molar-refractivity contribution in [2.24, 2.45) is 17.8 Å². The summed E-state index contributed by atoms with van der Waals surface area (Å²) in [6, 6.07) is 0.864. The molecular formula is C16H32N2O. The monoisotopic (exact) mass is 268 g/mol. The standard InChI is InChI=1S/C16H32N2O/c1-13(2)10-17-11-15-4-5-16(15)18-8-6-14(7-9-18)12-19-3/h13-17H,4-12H2,1-3H3. The predicted octanol–water partition coefficient (Wildman–Crippen LogP) is 2.37. The Morgan fingerprint density at radius 3 is 2.42 bits per heavy atom. The van der Waals surface area contributed by atoms with Crippen LogP contribution >= 0.6 is 0 Å². The Bertz CT molecular complexity index is 249. The van der Waals surface area contributed by atoms with E-state index in [1.807, 2.05) is 7.11 Å². The van der Waals surface area contributed by atoms with Gasteiger partial charge in [0.1, 0.15) is 0 Å². The Morgan fingerprint density at radius 1 is 1.16 bits per heavy atom. The van der Waals surface area contributed by atoms with Gasteiger partial charge in [0, 0.05) is 19.8 Å². The van der Waals surface area contributed by atoms with Gasteiger partial charge < -0.3 is 15.0 Å². The van der Waals surface area contributed by atoms with Crippen molar-refractivity contribution in [3.8, 4) is 0 Å². The number of likely N-dealkylation sites (tertiary alicyclic amines) is 1. The summed E-state index contributed by atoms with van der Waals surface area (Å²) < 4.78 is 5.29. The first kappa shape index (κ1) is 15.3. The number of piperidine rings is 1. The van der Waals surface area contributed by atoms with Crippen LogP contribution in [0.1, 0.15) is 39.5 Å². The number of nitrogens with one attached hydrogen (secondary N) is 1. The maximum absolute atomic E-state index is 5.29. The Balaban J connectivity index is 1.65. The molecule has 2 rings (SSSR count). The molecule has 0 aromatic carbocycles. The summed E-state index contributed by atoms with van der Waals surface area (Å²) in [5.74, 6) is 2.47. The number of ether oxygens (including phenoxy) is 1. The number of rotatable bonds is 7. The van der Waals surface area contributed by atoms with Gasteiger partial charge in [-0.15, -0.1) is 0 Å². The van der Waals surface area contributed by atoms with Gasteiger partial charge in [-0.2, -0.15) is 0 Å². The van der Waals surface area contributed by atoms with E-state index < -0.39 is 0 Å². The van der Waals surface area contributed by atoms with Crippen LogP contribution in [0.5, 0.6) is 0 Å². The fraction of sp³-hybridized carbons (Fsp3) is 1.00. The molecule has 1 saturated carbocycles. The van der Waals surface area contributed by atoms with E-state index in [0.717, 1.165) is 30.4 Å². The average molecular weight is 268 g/mol. The molecule has 0 radical (unpaired) electrons. The van der Waals surface area contributed by atoms with Crippen molar-refractivity contribution in [2.75, 3.05) is 39.9 Å². The second-order valence-electron chi connectivity index (χ2n) is 6.89. The summed E-state index contributed by atoms with van der Waals surface area (Å²) in [7, 11) is 1.83. The van der Waals surface area contributed by atoms with E-state index in [1.165, 1.54) is 51.9 Å². The quantitative estimate of drug-likeness (QED) is 0.767. The molecule has 0 spiro atoms. The molecule has 2 atom stereocenters. The van der Waals surface area contributed by atoms with Crippen LogP contribution in [0.15, 0.2) is 0 Å². The Labute approximate surface area is 119 Å². The largest absolute Gasteiger partial charge is 0.384 e. The fourth-order valence-corrected chi connectivity index (χ4v) is 3.51. The highest BCUT2D eigenvalue weighted by Crippen LogP contribution is 2.34. The van der Waals surface area contributed by atoms with E-state index in [4.69, 9.17) is 4.74 Å². The molecule has 3 nitrogen and oxygen atoms in total. The molecule has 1 heterocycles. The van der Waals surface area contributed by atoms with Crippen molar-refractivity contribution in [3.05, 3.63) is 0 Å². The van der Waals surface area contributed by atoms with Gasteiger partial charge in [-0.3, -0.25) is 0 Å². The van der Waals surface area contributed by atoms with Gasteiger partial charge in [-0.25, -0.2) is 0 Å². The number of hydrogen-bond donors (Lipinski definition) is 1. The third-order valence-corrected chi connectivity index (χ3v) is 4.86. The molecule has 2 fully saturated rings. The molecule has 19 heavy (non-hydrogen) atoms. The van der Waals surface area contributed by atoms with Crippen LogP contribution in [0.2, 0.25) is 0 Å². The molecule has 1 aliphatic heterocycles. The zero-order chi connectivity index (χ0) is 13.7. The molecule has 112 valence electrons. The molecule has 2 aliphatic rings. The third-order valence-electron chi connectivity index (χ3n) is 4.86. The van der Waals surface area contributed by atoms with Crippen LogP contribution in [0.4, 0.5) is 0 Å². The Hall–Kier alpha value is -0.120. The van der Waals surface area contributed by atoms with E-state index in [1.54, 1.807) is 0 Å². The summed E-state index contributed by atoms with van der Waals surface area (Å²) in [5.41, 5.74) is 0. The van der Waals surface area contributed by atoms with Crippen molar-refractivity contribution in [2.45, 2.75) is 45.6 Å². The van der Waals surface area contributed by atoms with Crippen molar-refractivity contribution < 1.29 is 4.74 Å². The van der Waals surface area contributed by atoms with E-state index in [2.05, 4.69) is 24.1 Å². The lowest BCUT2D eigenvalue weighted by Crippen LogP contribution is -2.53. The van der Waals surface area contributed by atoms with Gasteiger partial charge in [0.15, 0.2) is 0 Å². The second kappa shape index (κ2) is 7.61. The third kappa shape index (κ3) is 4.44. The molecular weight excluding hydrogens is 236 g/mol. The fourth-order valence-electron chi connectivity index (χ4n) is 3.51. The van der Waals surface area contributed by atoms with Crippen LogP contribution in [0, 0.1) is 17.8 Å². The molecule has 3 heteroatoms. The summed E-state index contributed by atoms with van der Waals surface area (Å²) in [4.78, 5) is 2.75. The van der Waals surface area contributed by atoms with Crippen molar-refractivity contribution in [3.63, 3.8) is 0 Å². The molecule has 2 unspecified atom stereocenters. The second-order valence-corrected chi connectivity index (χ2v) is 6.89. The maximum atomic E-state index is 5.29. The molecule has 1 aliphatic carbocycles. The SMILES string of the molecule is COCC1CCN(C2CCC2CNCC(C)C)CC1. The van der Waals surface area contributed by atoms with Gasteiger partial charge >= 0.3 is 0 Å². The molecule has 1 N–H and O–H groups in total. The minimum absolute atomic E-state index is 0.767. The van der Waals surface area contributed by atoms with Crippen LogP contribution < -0.4 is 5.32 Å². The highest BCUT2D eigenvalue weighted by atomic mass is 16.5. The first-order valence-corrected chi connectivity index (χ1v) is 8.14. The van der Waals surface area contributed by atoms with E-state index in [9.17, 15) is 0 Å². The molecule has 0 aromatic rings. The first-order valence-electron chi connectivity index (χ1n) is 8.14. The summed E-state index contributed by atoms with van der Waals surface area (Å²) >= 11 is 0. The predicted molar refractivity (Wildman–Crippen MR) is 80.4 cm³/mol. The first-order chi connectivity index (χ1) is 9.20. The van der Waals surface area contributed by atoms with Gasteiger partial charge in [-0.05, 0) is 69.6 Å². The van der Waals surface area contributed by atoms with Gasteiger partial charge in [0.25, 0.3) is 0 Å². The number of hydrogen-bond acceptors (Lipinski definition) is 3. The van der Waals surface area contributed by atoms with Crippen molar-refractivity contribution in [1.82, 2.24) is 10.2 Å². The lowest BCUT2D eigenvalue weighted by Gasteiger charge is -2.47. The topological polar surface area (TPSA) is 24.5 Å². The zero-order valence-electron chi connectivity index (χ0n) is 13.0. The van der Waals surface area contributed by atoms with E-state index in [0.29, 0.717) is 0 Å². The normalized spacial score (nSPS) is 29.7. The van der Waals surface area contributed by atoms with Crippen molar-refractivity contribution >= 4 is 0 Å². The lowest BCUT2D eigenvalue weighted by molar-refractivity contribution is 0.0201. The molecule has 0 aromatic heterocycles. The van der Waals surface area contributed by atoms with Crippen LogP contribution in [0.3, 0.4) is 0 Å². The average Bonchev–Trinajstić information content (AvgIpc) is 2.35. The molecule has 1 saturated heterocycles. The van der Waals surface area contributed by atoms with Gasteiger partial charge in [-0.1, -0.05) is 13.8 Å². The zero-order valence-corrected chi connectivity index (χ0v) is 13.0. The molecule has 0 bridgehead atoms. The minimum Gasteiger partial charge on any atom is -0.384 e. The Morgan fingerprint density at radius 2 is 1.89 bits per heavy atom. The maximum Gasteiger partial charge on any atom is 0.0491 e. The van der Waals surface area contributed by atoms with Gasteiger partial charge in [0.2, 0.25) is 0 Å². The van der Waals surface area contributed by atoms with Crippen molar-refractivity contribution in [1.29, 1.82) is 0 Å². The summed E-state index contributed by atoms with van der Waals surface area (Å²) in [6.45, 7) is 10.5. The summed E-state index contributed by atoms with van der Waals surface area (Å²) in [6.07, 6.45) is 5.50. The van der Waals surface area contributed by atoms with Crippen LogP contribution in [-0.4, -0.2) is 50.8 Å². The Kier molecular flexibility index (Phi) is 6.11. The molecule has 0 amide bonds. The van der Waals surface area contributed by atoms with E-state index in [-0.39, 0.29) is 0 Å². The smallest absolute Gasteiger partial charge is 0.0491 e.